The van der Waals surface area contributed by atoms with Crippen molar-refractivity contribution in [1.82, 2.24) is 24.7 Å². The lowest BCUT2D eigenvalue weighted by molar-refractivity contribution is 0.240. The second-order valence-corrected chi connectivity index (χ2v) is 4.57. The zero-order chi connectivity index (χ0) is 12.0. The molecule has 1 aliphatic carbocycles. The maximum absolute atomic E-state index is 6.19. The van der Waals surface area contributed by atoms with Crippen molar-refractivity contribution in [2.24, 2.45) is 12.8 Å². The first-order valence-electron chi connectivity index (χ1n) is 5.60. The van der Waals surface area contributed by atoms with E-state index in [9.17, 15) is 0 Å². The summed E-state index contributed by atoms with van der Waals surface area (Å²) in [4.78, 5) is 11.6. The molecule has 7 nitrogen and oxygen atoms in total. The number of nitrogens with one attached hydrogen (secondary N) is 1. The summed E-state index contributed by atoms with van der Waals surface area (Å²) >= 11 is 0. The molecule has 0 spiro atoms. The lowest BCUT2D eigenvalue weighted by Crippen LogP contribution is -2.44. The van der Waals surface area contributed by atoms with Crippen molar-refractivity contribution in [1.29, 1.82) is 0 Å². The van der Waals surface area contributed by atoms with Gasteiger partial charge in [0.15, 0.2) is 0 Å². The van der Waals surface area contributed by atoms with Crippen molar-refractivity contribution in [3.8, 4) is 11.5 Å². The van der Waals surface area contributed by atoms with Gasteiger partial charge in [0.05, 0.1) is 11.7 Å². The highest BCUT2D eigenvalue weighted by Crippen LogP contribution is 2.37. The molecular formula is C10H15N7. The molecule has 0 atom stereocenters. The van der Waals surface area contributed by atoms with Gasteiger partial charge < -0.3 is 16.5 Å². The number of hydrogen-bond acceptors (Lipinski definition) is 5. The molecule has 3 rings (SSSR count). The topological polar surface area (TPSA) is 111 Å². The summed E-state index contributed by atoms with van der Waals surface area (Å²) in [6, 6.07) is 0. The van der Waals surface area contributed by atoms with E-state index in [2.05, 4.69) is 20.1 Å². The molecule has 0 amide bonds. The van der Waals surface area contributed by atoms with E-state index in [-0.39, 0.29) is 5.54 Å². The number of aryl methyl sites for hydroxylation is 1. The van der Waals surface area contributed by atoms with Crippen LogP contribution in [0.2, 0.25) is 0 Å². The fourth-order valence-electron chi connectivity index (χ4n) is 1.99. The summed E-state index contributed by atoms with van der Waals surface area (Å²) in [5.74, 6) is 1.73. The average molecular weight is 233 g/mol. The molecule has 0 unspecified atom stereocenters. The fraction of sp³-hybridized carbons (Fsp3) is 0.500. The standard InChI is InChI=1S/C10H15N7/c1-17-9(11)15-7(16-17)6-5-13-8(14-6)10(12)3-2-4-10/h5H,2-4,12H2,1H3,(H,13,14)(H2,11,15,16). The maximum atomic E-state index is 6.19. The molecule has 0 aliphatic heterocycles. The highest BCUT2D eigenvalue weighted by atomic mass is 15.4. The molecule has 1 saturated carbocycles. The molecule has 2 heterocycles. The normalized spacial score (nSPS) is 18.0. The minimum atomic E-state index is -0.293. The summed E-state index contributed by atoms with van der Waals surface area (Å²) in [6.07, 6.45) is 4.80. The van der Waals surface area contributed by atoms with Crippen LogP contribution in [0.3, 0.4) is 0 Å². The predicted molar refractivity (Wildman–Crippen MR) is 62.7 cm³/mol. The monoisotopic (exact) mass is 233 g/mol. The molecule has 1 aliphatic rings. The summed E-state index contributed by atoms with van der Waals surface area (Å²) in [5.41, 5.74) is 12.3. The van der Waals surface area contributed by atoms with Gasteiger partial charge in [0.2, 0.25) is 11.8 Å². The van der Waals surface area contributed by atoms with E-state index in [1.54, 1.807) is 13.2 Å². The number of H-pyrrole nitrogens is 1. The van der Waals surface area contributed by atoms with Gasteiger partial charge in [0, 0.05) is 7.05 Å². The van der Waals surface area contributed by atoms with E-state index in [0.29, 0.717) is 11.8 Å². The number of nitrogen functional groups attached to an aromatic ring is 1. The van der Waals surface area contributed by atoms with Crippen molar-refractivity contribution in [3.63, 3.8) is 0 Å². The van der Waals surface area contributed by atoms with Gasteiger partial charge in [0.1, 0.15) is 11.5 Å². The fourth-order valence-corrected chi connectivity index (χ4v) is 1.99. The van der Waals surface area contributed by atoms with E-state index in [1.165, 1.54) is 4.68 Å². The zero-order valence-corrected chi connectivity index (χ0v) is 9.64. The molecule has 1 fully saturated rings. The van der Waals surface area contributed by atoms with Gasteiger partial charge in [-0.3, -0.25) is 0 Å². The third-order valence-corrected chi connectivity index (χ3v) is 3.33. The van der Waals surface area contributed by atoms with Crippen molar-refractivity contribution in [2.75, 3.05) is 5.73 Å². The van der Waals surface area contributed by atoms with Crippen molar-refractivity contribution in [2.45, 2.75) is 24.8 Å². The molecule has 0 aromatic carbocycles. The Kier molecular flexibility index (Phi) is 1.99. The first-order chi connectivity index (χ1) is 8.08. The quantitative estimate of drug-likeness (QED) is 0.682. The Morgan fingerprint density at radius 1 is 1.47 bits per heavy atom. The van der Waals surface area contributed by atoms with E-state index in [4.69, 9.17) is 11.5 Å². The van der Waals surface area contributed by atoms with Gasteiger partial charge in [-0.1, -0.05) is 0 Å². The van der Waals surface area contributed by atoms with Crippen molar-refractivity contribution >= 4 is 5.95 Å². The number of anilines is 1. The minimum absolute atomic E-state index is 0.293. The Balaban J connectivity index is 1.94. The second-order valence-electron chi connectivity index (χ2n) is 4.57. The van der Waals surface area contributed by atoms with Gasteiger partial charge in [-0.05, 0) is 19.3 Å². The smallest absolute Gasteiger partial charge is 0.218 e. The third-order valence-electron chi connectivity index (χ3n) is 3.33. The van der Waals surface area contributed by atoms with Crippen LogP contribution in [0.4, 0.5) is 5.95 Å². The molecule has 0 bridgehead atoms. The Hall–Kier alpha value is -1.89. The Labute approximate surface area is 98.2 Å². The lowest BCUT2D eigenvalue weighted by atomic mass is 9.77. The summed E-state index contributed by atoms with van der Waals surface area (Å²) in [7, 11) is 1.75. The van der Waals surface area contributed by atoms with Crippen LogP contribution in [0.5, 0.6) is 0 Å². The summed E-state index contributed by atoms with van der Waals surface area (Å²) in [5, 5.41) is 4.19. The highest BCUT2D eigenvalue weighted by Gasteiger charge is 2.37. The van der Waals surface area contributed by atoms with Crippen molar-refractivity contribution in [3.05, 3.63) is 12.0 Å². The number of aromatic nitrogens is 5. The predicted octanol–water partition coefficient (Wildman–Crippen LogP) is 0.125. The summed E-state index contributed by atoms with van der Waals surface area (Å²) in [6.45, 7) is 0. The second kappa shape index (κ2) is 3.30. The molecule has 2 aromatic heterocycles. The number of rotatable bonds is 2. The van der Waals surface area contributed by atoms with Crippen LogP contribution in [-0.4, -0.2) is 24.7 Å². The molecule has 7 heteroatoms. The zero-order valence-electron chi connectivity index (χ0n) is 9.64. The van der Waals surface area contributed by atoms with Crippen LogP contribution in [0, 0.1) is 0 Å². The third kappa shape index (κ3) is 1.50. The maximum Gasteiger partial charge on any atom is 0.218 e. The SMILES string of the molecule is Cn1nc(-c2cnc(C3(N)CCC3)[nH]2)nc1N. The highest BCUT2D eigenvalue weighted by molar-refractivity contribution is 5.50. The number of nitrogens with zero attached hydrogens (tertiary/aromatic N) is 4. The molecule has 0 radical (unpaired) electrons. The molecule has 2 aromatic rings. The van der Waals surface area contributed by atoms with Crippen LogP contribution in [0.25, 0.3) is 11.5 Å². The Morgan fingerprint density at radius 2 is 2.24 bits per heavy atom. The van der Waals surface area contributed by atoms with Crippen LogP contribution < -0.4 is 11.5 Å². The van der Waals surface area contributed by atoms with Gasteiger partial charge in [-0.2, -0.15) is 4.98 Å². The molecule has 17 heavy (non-hydrogen) atoms. The van der Waals surface area contributed by atoms with E-state index < -0.39 is 0 Å². The Bertz CT molecular complexity index is 529. The first-order valence-corrected chi connectivity index (χ1v) is 5.60. The largest absolute Gasteiger partial charge is 0.368 e. The van der Waals surface area contributed by atoms with Crippen LogP contribution >= 0.6 is 0 Å². The number of aromatic amines is 1. The van der Waals surface area contributed by atoms with Crippen LogP contribution in [-0.2, 0) is 12.6 Å². The van der Waals surface area contributed by atoms with Gasteiger partial charge in [-0.15, -0.1) is 5.10 Å². The lowest BCUT2D eigenvalue weighted by Gasteiger charge is -2.35. The molecule has 90 valence electrons. The Morgan fingerprint density at radius 3 is 2.76 bits per heavy atom. The van der Waals surface area contributed by atoms with E-state index >= 15 is 0 Å². The molecule has 5 N–H and O–H groups in total. The average Bonchev–Trinajstić information content (AvgIpc) is 2.84. The van der Waals surface area contributed by atoms with E-state index in [1.807, 2.05) is 0 Å². The molecule has 0 saturated heterocycles. The first kappa shape index (κ1) is 10.3. The van der Waals surface area contributed by atoms with Crippen LogP contribution in [0.1, 0.15) is 25.1 Å². The van der Waals surface area contributed by atoms with Gasteiger partial charge in [-0.25, -0.2) is 9.67 Å². The molecular weight excluding hydrogens is 218 g/mol. The number of hydrogen-bond donors (Lipinski definition) is 3. The van der Waals surface area contributed by atoms with E-state index in [0.717, 1.165) is 30.8 Å². The minimum Gasteiger partial charge on any atom is -0.368 e. The summed E-state index contributed by atoms with van der Waals surface area (Å²) < 4.78 is 1.53. The van der Waals surface area contributed by atoms with Crippen molar-refractivity contribution < 1.29 is 0 Å². The number of imidazole rings is 1. The van der Waals surface area contributed by atoms with Gasteiger partial charge in [0.25, 0.3) is 0 Å². The number of nitrogens with two attached hydrogens (primary N) is 2. The van der Waals surface area contributed by atoms with Crippen LogP contribution in [0.15, 0.2) is 6.20 Å². The van der Waals surface area contributed by atoms with Gasteiger partial charge >= 0.3 is 0 Å².